The Hall–Kier alpha value is -1.99. The van der Waals surface area contributed by atoms with Gasteiger partial charge in [0, 0.05) is 4.90 Å². The summed E-state index contributed by atoms with van der Waals surface area (Å²) < 4.78 is 0. The summed E-state index contributed by atoms with van der Waals surface area (Å²) in [5.74, 6) is 0. The van der Waals surface area contributed by atoms with Gasteiger partial charge in [-0.1, -0.05) is 128 Å². The molecule has 3 aromatic rings. The third kappa shape index (κ3) is 13.3. The Labute approximate surface area is 213 Å². The van der Waals surface area contributed by atoms with E-state index in [1.54, 1.807) is 0 Å². The second kappa shape index (κ2) is 21.8. The lowest BCUT2D eigenvalue weighted by Crippen LogP contribution is -1.90. The third-order valence-electron chi connectivity index (χ3n) is 4.28. The number of rotatable bonds is 1. The van der Waals surface area contributed by atoms with Gasteiger partial charge in [-0.25, -0.2) is 0 Å². The Kier molecular flexibility index (Phi) is 23.6. The van der Waals surface area contributed by atoms with Gasteiger partial charge in [-0.3, -0.25) is 0 Å². The standard InChI is InChI=1S/C15H16S.C8H10.C3H8.3C2H6/c1-5-13-11(4)15-10(3)6-9(2)7-12(15)8-14(13)16;1-7-3-5-8(2)6-4-7;1-3-2;3*1-2/h5-8,16H,1H2,2-4H3;3-6H,1-2H3;3H2,1-2H3;3*1-2H3. The maximum absolute atomic E-state index is 4.52. The van der Waals surface area contributed by atoms with Crippen LogP contribution in [0.5, 0.6) is 0 Å². The molecule has 0 aliphatic heterocycles. The first-order chi connectivity index (χ1) is 15.7. The van der Waals surface area contributed by atoms with Crippen LogP contribution in [-0.2, 0) is 0 Å². The minimum Gasteiger partial charge on any atom is -0.143 e. The van der Waals surface area contributed by atoms with E-state index in [-0.39, 0.29) is 0 Å². The van der Waals surface area contributed by atoms with E-state index in [0.717, 1.165) is 10.5 Å². The molecule has 0 aliphatic rings. The van der Waals surface area contributed by atoms with Gasteiger partial charge in [0.25, 0.3) is 0 Å². The SMILES string of the molecule is C=Cc1c(S)cc2cc(C)cc(C)c2c1C.CC.CC.CC.CCC.Cc1ccc(C)cc1. The molecule has 0 amide bonds. The summed E-state index contributed by atoms with van der Waals surface area (Å²) in [6.07, 6.45) is 3.14. The second-order valence-corrected chi connectivity index (χ2v) is 7.66. The van der Waals surface area contributed by atoms with Gasteiger partial charge < -0.3 is 0 Å². The second-order valence-electron chi connectivity index (χ2n) is 7.18. The fraction of sp³-hybridized carbons (Fsp3) is 0.438. The van der Waals surface area contributed by atoms with Crippen molar-refractivity contribution in [3.05, 3.63) is 82.4 Å². The Balaban J connectivity index is -0.000000445. The minimum absolute atomic E-state index is 1.00. The molecule has 0 nitrogen and oxygen atoms in total. The van der Waals surface area contributed by atoms with Gasteiger partial charge in [-0.2, -0.15) is 0 Å². The fourth-order valence-corrected chi connectivity index (χ4v) is 3.47. The first-order valence-corrected chi connectivity index (χ1v) is 13.1. The molecule has 0 aliphatic carbocycles. The third-order valence-corrected chi connectivity index (χ3v) is 4.65. The number of thiol groups is 1. The highest BCUT2D eigenvalue weighted by Gasteiger charge is 2.08. The average molecular weight is 469 g/mol. The molecular weight excluding hydrogens is 416 g/mol. The maximum Gasteiger partial charge on any atom is 0.0121 e. The molecule has 0 spiro atoms. The molecule has 0 heterocycles. The zero-order valence-corrected chi connectivity index (χ0v) is 24.9. The highest BCUT2D eigenvalue weighted by molar-refractivity contribution is 7.80. The van der Waals surface area contributed by atoms with E-state index < -0.39 is 0 Å². The van der Waals surface area contributed by atoms with Crippen LogP contribution in [0.2, 0.25) is 0 Å². The van der Waals surface area contributed by atoms with Crippen LogP contribution in [0.3, 0.4) is 0 Å². The highest BCUT2D eigenvalue weighted by atomic mass is 32.1. The molecule has 0 unspecified atom stereocenters. The summed E-state index contributed by atoms with van der Waals surface area (Å²) in [4.78, 5) is 1.00. The largest absolute Gasteiger partial charge is 0.143 e. The van der Waals surface area contributed by atoms with Gasteiger partial charge in [-0.15, -0.1) is 12.6 Å². The van der Waals surface area contributed by atoms with E-state index in [9.17, 15) is 0 Å². The molecule has 0 fully saturated rings. The summed E-state index contributed by atoms with van der Waals surface area (Å²) in [5.41, 5.74) is 7.69. The summed E-state index contributed by atoms with van der Waals surface area (Å²) in [7, 11) is 0. The van der Waals surface area contributed by atoms with Crippen molar-refractivity contribution in [1.29, 1.82) is 0 Å². The molecule has 3 aromatic carbocycles. The van der Waals surface area contributed by atoms with Crippen molar-refractivity contribution in [2.24, 2.45) is 0 Å². The topological polar surface area (TPSA) is 0 Å². The molecule has 0 atom stereocenters. The average Bonchev–Trinajstić information content (AvgIpc) is 2.80. The van der Waals surface area contributed by atoms with Crippen LogP contribution in [0.1, 0.15) is 95.2 Å². The van der Waals surface area contributed by atoms with Gasteiger partial charge in [0.05, 0.1) is 0 Å². The van der Waals surface area contributed by atoms with Crippen LogP contribution in [-0.4, -0.2) is 0 Å². The minimum atomic E-state index is 1.00. The first kappa shape index (κ1) is 35.6. The quantitative estimate of drug-likeness (QED) is 0.337. The summed E-state index contributed by atoms with van der Waals surface area (Å²) in [5, 5.41) is 2.60. The zero-order chi connectivity index (χ0) is 26.6. The number of fused-ring (bicyclic) bond motifs is 1. The summed E-state index contributed by atoms with van der Waals surface area (Å²) >= 11 is 4.52. The van der Waals surface area contributed by atoms with Crippen LogP contribution >= 0.6 is 12.6 Å². The van der Waals surface area contributed by atoms with Crippen molar-refractivity contribution >= 4 is 29.5 Å². The number of benzene rings is 3. The summed E-state index contributed by atoms with van der Waals surface area (Å²) in [6, 6.07) is 15.0. The number of hydrogen-bond donors (Lipinski definition) is 1. The molecule has 0 bridgehead atoms. The lowest BCUT2D eigenvalue weighted by Gasteiger charge is -2.12. The predicted molar refractivity (Wildman–Crippen MR) is 161 cm³/mol. The molecular formula is C32H52S. The lowest BCUT2D eigenvalue weighted by atomic mass is 9.95. The van der Waals surface area contributed by atoms with Crippen LogP contribution in [0.4, 0.5) is 0 Å². The van der Waals surface area contributed by atoms with Crippen molar-refractivity contribution in [3.63, 3.8) is 0 Å². The van der Waals surface area contributed by atoms with Crippen molar-refractivity contribution in [2.45, 2.75) is 101 Å². The fourth-order valence-electron chi connectivity index (χ4n) is 3.07. The van der Waals surface area contributed by atoms with E-state index in [2.05, 4.69) is 110 Å². The van der Waals surface area contributed by atoms with Crippen LogP contribution in [0.15, 0.2) is 53.9 Å². The normalized spacial score (nSPS) is 8.55. The Morgan fingerprint density at radius 2 is 1.09 bits per heavy atom. The van der Waals surface area contributed by atoms with E-state index in [1.807, 2.05) is 47.6 Å². The smallest absolute Gasteiger partial charge is 0.0121 e. The van der Waals surface area contributed by atoms with Crippen LogP contribution < -0.4 is 0 Å². The van der Waals surface area contributed by atoms with Crippen molar-refractivity contribution in [1.82, 2.24) is 0 Å². The monoisotopic (exact) mass is 468 g/mol. The van der Waals surface area contributed by atoms with Crippen LogP contribution in [0.25, 0.3) is 16.8 Å². The van der Waals surface area contributed by atoms with E-state index in [0.29, 0.717) is 0 Å². The van der Waals surface area contributed by atoms with Crippen molar-refractivity contribution in [2.75, 3.05) is 0 Å². The Morgan fingerprint density at radius 3 is 1.45 bits per heavy atom. The van der Waals surface area contributed by atoms with Gasteiger partial charge in [0.1, 0.15) is 0 Å². The molecule has 33 heavy (non-hydrogen) atoms. The Bertz CT molecular complexity index is 866. The van der Waals surface area contributed by atoms with Crippen molar-refractivity contribution < 1.29 is 0 Å². The maximum atomic E-state index is 4.52. The molecule has 1 heteroatoms. The van der Waals surface area contributed by atoms with Gasteiger partial charge >= 0.3 is 0 Å². The first-order valence-electron chi connectivity index (χ1n) is 12.6. The Morgan fingerprint density at radius 1 is 0.697 bits per heavy atom. The molecule has 0 saturated carbocycles. The lowest BCUT2D eigenvalue weighted by molar-refractivity contribution is 1.09. The molecule has 3 rings (SSSR count). The molecule has 186 valence electrons. The van der Waals surface area contributed by atoms with Gasteiger partial charge in [0.2, 0.25) is 0 Å². The van der Waals surface area contributed by atoms with E-state index in [1.165, 1.54) is 45.0 Å². The number of hydrogen-bond acceptors (Lipinski definition) is 1. The molecule has 0 saturated heterocycles. The zero-order valence-electron chi connectivity index (χ0n) is 24.0. The number of aryl methyl sites for hydroxylation is 5. The molecule has 0 radical (unpaired) electrons. The van der Waals surface area contributed by atoms with Crippen molar-refractivity contribution in [3.8, 4) is 0 Å². The van der Waals surface area contributed by atoms with E-state index in [4.69, 9.17) is 0 Å². The van der Waals surface area contributed by atoms with Gasteiger partial charge in [-0.05, 0) is 68.1 Å². The van der Waals surface area contributed by atoms with Gasteiger partial charge in [0.15, 0.2) is 0 Å². The highest BCUT2D eigenvalue weighted by Crippen LogP contribution is 2.31. The van der Waals surface area contributed by atoms with E-state index >= 15 is 0 Å². The van der Waals surface area contributed by atoms with Crippen LogP contribution in [0, 0.1) is 34.6 Å². The predicted octanol–water partition coefficient (Wildman–Crippen LogP) is 11.5. The molecule has 0 aromatic heterocycles. The molecule has 0 N–H and O–H groups in total. The summed E-state index contributed by atoms with van der Waals surface area (Å²) in [6.45, 7) is 30.7.